The molecule has 1 aliphatic heterocycles. The van der Waals surface area contributed by atoms with Crippen LogP contribution in [0.5, 0.6) is 5.75 Å². The molecular formula is C28H33Cl2N3OS. The van der Waals surface area contributed by atoms with Gasteiger partial charge in [-0.3, -0.25) is 4.99 Å². The number of aliphatic imine (C=N–C) groups is 1. The van der Waals surface area contributed by atoms with Crippen LogP contribution in [0.1, 0.15) is 58.4 Å². The normalized spacial score (nSPS) is 20.0. The Kier molecular flexibility index (Phi) is 7.80. The first-order valence-electron chi connectivity index (χ1n) is 12.1. The summed E-state index contributed by atoms with van der Waals surface area (Å²) >= 11 is 18.4. The summed E-state index contributed by atoms with van der Waals surface area (Å²) in [6.45, 7) is 6.62. The maximum absolute atomic E-state index is 6.43. The van der Waals surface area contributed by atoms with E-state index in [0.29, 0.717) is 15.2 Å². The summed E-state index contributed by atoms with van der Waals surface area (Å²) in [4.78, 5) is 7.62. The Morgan fingerprint density at radius 3 is 2.37 bits per heavy atom. The zero-order valence-corrected chi connectivity index (χ0v) is 23.1. The first kappa shape index (κ1) is 26.0. The van der Waals surface area contributed by atoms with Crippen molar-refractivity contribution in [1.82, 2.24) is 5.32 Å². The fourth-order valence-corrected chi connectivity index (χ4v) is 5.76. The standard InChI is InChI=1S/C28H33Cl2N3OS/c1-27(2,3)24(15-9-19-8-10-20(29)18-23(19)30)31-25-28(16-6-5-7-17-28)33(26(35)32-25)21-11-13-22(34-4)14-12-21/h8-15,18,24H,5-7,16-17H2,1-4H3,(H,31,32,35)/b15-9+. The second-order valence-corrected chi connectivity index (χ2v) is 11.6. The van der Waals surface area contributed by atoms with Crippen molar-refractivity contribution in [2.45, 2.75) is 64.5 Å². The minimum absolute atomic E-state index is 0.0748. The van der Waals surface area contributed by atoms with Gasteiger partial charge in [-0.05, 0) is 72.4 Å². The average molecular weight is 531 g/mol. The molecule has 0 radical (unpaired) electrons. The number of halogens is 2. The largest absolute Gasteiger partial charge is 0.497 e. The number of methoxy groups -OCH3 is 1. The zero-order chi connectivity index (χ0) is 25.2. The maximum atomic E-state index is 6.43. The highest BCUT2D eigenvalue weighted by Crippen LogP contribution is 2.42. The molecule has 0 amide bonds. The molecule has 2 aromatic rings. The van der Waals surface area contributed by atoms with Gasteiger partial charge in [-0.15, -0.1) is 0 Å². The fraction of sp³-hybridized carbons (Fsp3) is 0.429. The zero-order valence-electron chi connectivity index (χ0n) is 20.8. The van der Waals surface area contributed by atoms with Gasteiger partial charge in [0.05, 0.1) is 13.2 Å². The Morgan fingerprint density at radius 1 is 1.09 bits per heavy atom. The van der Waals surface area contributed by atoms with E-state index in [1.165, 1.54) is 6.42 Å². The van der Waals surface area contributed by atoms with Crippen LogP contribution >= 0.6 is 35.4 Å². The Bertz CT molecular complexity index is 1130. The summed E-state index contributed by atoms with van der Waals surface area (Å²) in [5.74, 6) is 1.79. The van der Waals surface area contributed by atoms with E-state index in [-0.39, 0.29) is 17.0 Å². The lowest BCUT2D eigenvalue weighted by Gasteiger charge is -2.41. The van der Waals surface area contributed by atoms with Crippen LogP contribution in [-0.2, 0) is 0 Å². The fourth-order valence-electron chi connectivity index (χ4n) is 4.91. The van der Waals surface area contributed by atoms with E-state index in [2.05, 4.69) is 49.2 Å². The van der Waals surface area contributed by atoms with Crippen molar-refractivity contribution >= 4 is 58.1 Å². The predicted octanol–water partition coefficient (Wildman–Crippen LogP) is 7.93. The van der Waals surface area contributed by atoms with Gasteiger partial charge in [0.15, 0.2) is 5.11 Å². The first-order valence-corrected chi connectivity index (χ1v) is 13.3. The van der Waals surface area contributed by atoms with Crippen LogP contribution in [-0.4, -0.2) is 29.6 Å². The first-order chi connectivity index (χ1) is 16.6. The van der Waals surface area contributed by atoms with E-state index < -0.39 is 0 Å². The number of anilines is 1. The van der Waals surface area contributed by atoms with Crippen LogP contribution in [0.2, 0.25) is 10.0 Å². The Balaban J connectivity index is 1.74. The van der Waals surface area contributed by atoms with Crippen molar-refractivity contribution in [3.05, 3.63) is 64.1 Å². The van der Waals surface area contributed by atoms with Crippen molar-refractivity contribution in [2.75, 3.05) is 12.0 Å². The molecule has 35 heavy (non-hydrogen) atoms. The number of nitrogens with zero attached hydrogens (tertiary/aromatic N) is 2. The van der Waals surface area contributed by atoms with E-state index in [1.807, 2.05) is 30.3 Å². The molecule has 1 heterocycles. The predicted molar refractivity (Wildman–Crippen MR) is 153 cm³/mol. The average Bonchev–Trinajstić information content (AvgIpc) is 3.07. The molecule has 4 rings (SSSR count). The third-order valence-electron chi connectivity index (χ3n) is 6.88. The number of amidine groups is 1. The molecule has 1 saturated heterocycles. The highest BCUT2D eigenvalue weighted by molar-refractivity contribution is 7.80. The molecule has 7 heteroatoms. The van der Waals surface area contributed by atoms with Crippen molar-refractivity contribution in [2.24, 2.45) is 10.4 Å². The highest BCUT2D eigenvalue weighted by Gasteiger charge is 2.50. The van der Waals surface area contributed by atoms with E-state index >= 15 is 0 Å². The third-order valence-corrected chi connectivity index (χ3v) is 7.73. The Hall–Kier alpha value is -2.08. The lowest BCUT2D eigenvalue weighted by Crippen LogP contribution is -2.51. The minimum atomic E-state index is -0.265. The van der Waals surface area contributed by atoms with Gasteiger partial charge in [0.2, 0.25) is 0 Å². The highest BCUT2D eigenvalue weighted by atomic mass is 35.5. The van der Waals surface area contributed by atoms with Crippen molar-refractivity contribution < 1.29 is 4.74 Å². The van der Waals surface area contributed by atoms with Gasteiger partial charge >= 0.3 is 0 Å². The molecule has 186 valence electrons. The molecule has 2 aromatic carbocycles. The van der Waals surface area contributed by atoms with Crippen molar-refractivity contribution in [3.63, 3.8) is 0 Å². The number of benzene rings is 2. The monoisotopic (exact) mass is 529 g/mol. The summed E-state index contributed by atoms with van der Waals surface area (Å²) < 4.78 is 5.37. The quantitative estimate of drug-likeness (QED) is 0.399. The molecule has 4 nitrogen and oxygen atoms in total. The molecular weight excluding hydrogens is 497 g/mol. The number of hydrogen-bond acceptors (Lipinski definition) is 3. The van der Waals surface area contributed by atoms with E-state index in [4.69, 9.17) is 45.1 Å². The second kappa shape index (κ2) is 10.5. The molecule has 1 saturated carbocycles. The summed E-state index contributed by atoms with van der Waals surface area (Å²) in [7, 11) is 1.68. The molecule has 1 atom stereocenters. The Labute approximate surface area is 224 Å². The topological polar surface area (TPSA) is 36.9 Å². The maximum Gasteiger partial charge on any atom is 0.179 e. The minimum Gasteiger partial charge on any atom is -0.497 e. The molecule has 1 spiro atoms. The summed E-state index contributed by atoms with van der Waals surface area (Å²) in [5.41, 5.74) is 1.62. The molecule has 1 aliphatic carbocycles. The SMILES string of the molecule is COc1ccc(N2C(=S)NC(=NC(/C=C/c3ccc(Cl)cc3Cl)C(C)(C)C)C23CCCCC3)cc1. The molecule has 2 aliphatic rings. The van der Waals surface area contributed by atoms with E-state index in [1.54, 1.807) is 13.2 Å². The van der Waals surface area contributed by atoms with Gasteiger partial charge in [-0.1, -0.05) is 81.5 Å². The number of ether oxygens (including phenoxy) is 1. The van der Waals surface area contributed by atoms with Gasteiger partial charge in [-0.25, -0.2) is 0 Å². The van der Waals surface area contributed by atoms with Crippen molar-refractivity contribution in [3.8, 4) is 5.75 Å². The number of nitrogens with one attached hydrogen (secondary N) is 1. The second-order valence-electron chi connectivity index (χ2n) is 10.4. The van der Waals surface area contributed by atoms with Gasteiger partial charge in [0.25, 0.3) is 0 Å². The molecule has 0 aromatic heterocycles. The molecule has 1 unspecified atom stereocenters. The lowest BCUT2D eigenvalue weighted by atomic mass is 9.79. The van der Waals surface area contributed by atoms with Crippen molar-refractivity contribution in [1.29, 1.82) is 0 Å². The van der Waals surface area contributed by atoms with E-state index in [0.717, 1.165) is 48.5 Å². The number of hydrogen-bond donors (Lipinski definition) is 1. The molecule has 1 N–H and O–H groups in total. The van der Waals surface area contributed by atoms with Crippen LogP contribution in [0.3, 0.4) is 0 Å². The molecule has 0 bridgehead atoms. The van der Waals surface area contributed by atoms with Gasteiger partial charge in [0.1, 0.15) is 17.1 Å². The van der Waals surface area contributed by atoms with Crippen LogP contribution in [0.4, 0.5) is 5.69 Å². The summed E-state index contributed by atoms with van der Waals surface area (Å²) in [5, 5.41) is 5.47. The number of rotatable bonds is 5. The van der Waals surface area contributed by atoms with Crippen LogP contribution < -0.4 is 15.0 Å². The van der Waals surface area contributed by atoms with Crippen LogP contribution in [0.15, 0.2) is 53.5 Å². The smallest absolute Gasteiger partial charge is 0.179 e. The Morgan fingerprint density at radius 2 is 1.77 bits per heavy atom. The van der Waals surface area contributed by atoms with E-state index in [9.17, 15) is 0 Å². The summed E-state index contributed by atoms with van der Waals surface area (Å²) in [6.07, 6.45) is 9.72. The van der Waals surface area contributed by atoms with Crippen LogP contribution in [0, 0.1) is 5.41 Å². The van der Waals surface area contributed by atoms with Gasteiger partial charge < -0.3 is 15.0 Å². The molecule has 2 fully saturated rings. The van der Waals surface area contributed by atoms with Gasteiger partial charge in [-0.2, -0.15) is 0 Å². The lowest BCUT2D eigenvalue weighted by molar-refractivity contribution is 0.357. The van der Waals surface area contributed by atoms with Gasteiger partial charge in [0, 0.05) is 15.7 Å². The third kappa shape index (κ3) is 5.52. The van der Waals surface area contributed by atoms with Crippen LogP contribution in [0.25, 0.3) is 6.08 Å². The number of thiocarbonyl (C=S) groups is 1. The summed E-state index contributed by atoms with van der Waals surface area (Å²) in [6, 6.07) is 13.6.